The predicted molar refractivity (Wildman–Crippen MR) is 102 cm³/mol. The highest BCUT2D eigenvalue weighted by molar-refractivity contribution is 6.12. The average molecular weight is 348 g/mol. The Balaban J connectivity index is 2.45. The Kier molecular flexibility index (Phi) is 6.62. The van der Waals surface area contributed by atoms with E-state index in [0.29, 0.717) is 5.71 Å². The standard InChI is InChI=1S/C21H20N2O3/c1-15(24)13-19(20(26)14-16(2)25)22-23-21(17-9-5-3-6-10-17)18-11-7-4-8-12-18/h3-14,22,26H,1-2H3. The summed E-state index contributed by atoms with van der Waals surface area (Å²) in [5, 5.41) is 14.5. The van der Waals surface area contributed by atoms with Crippen LogP contribution in [0.4, 0.5) is 0 Å². The van der Waals surface area contributed by atoms with E-state index in [1.54, 1.807) is 0 Å². The van der Waals surface area contributed by atoms with Crippen molar-refractivity contribution >= 4 is 17.3 Å². The van der Waals surface area contributed by atoms with Crippen molar-refractivity contribution in [2.45, 2.75) is 13.8 Å². The van der Waals surface area contributed by atoms with Crippen LogP contribution < -0.4 is 5.43 Å². The molecule has 5 nitrogen and oxygen atoms in total. The van der Waals surface area contributed by atoms with Crippen molar-refractivity contribution in [2.24, 2.45) is 5.10 Å². The van der Waals surface area contributed by atoms with Gasteiger partial charge in [-0.15, -0.1) is 0 Å². The van der Waals surface area contributed by atoms with Gasteiger partial charge in [0.1, 0.15) is 11.5 Å². The molecule has 2 rings (SSSR count). The molecule has 5 heteroatoms. The first-order valence-electron chi connectivity index (χ1n) is 8.06. The van der Waals surface area contributed by atoms with Gasteiger partial charge in [-0.05, 0) is 13.8 Å². The highest BCUT2D eigenvalue weighted by atomic mass is 16.3. The molecule has 0 atom stereocenters. The second-order valence-electron chi connectivity index (χ2n) is 5.61. The minimum absolute atomic E-state index is 0.0528. The number of ketones is 2. The molecular weight excluding hydrogens is 328 g/mol. The van der Waals surface area contributed by atoms with Gasteiger partial charge in [-0.3, -0.25) is 15.0 Å². The number of hydrogen-bond acceptors (Lipinski definition) is 5. The molecule has 0 radical (unpaired) electrons. The van der Waals surface area contributed by atoms with E-state index in [-0.39, 0.29) is 23.0 Å². The Morgan fingerprint density at radius 1 is 0.846 bits per heavy atom. The van der Waals surface area contributed by atoms with Crippen LogP contribution in [-0.2, 0) is 9.59 Å². The van der Waals surface area contributed by atoms with E-state index in [1.165, 1.54) is 19.9 Å². The maximum atomic E-state index is 11.4. The van der Waals surface area contributed by atoms with Crippen LogP contribution in [0.3, 0.4) is 0 Å². The Hall–Kier alpha value is -3.47. The summed E-state index contributed by atoms with van der Waals surface area (Å²) in [4.78, 5) is 22.7. The lowest BCUT2D eigenvalue weighted by molar-refractivity contribution is -0.113. The molecule has 0 heterocycles. The molecule has 0 aliphatic heterocycles. The summed E-state index contributed by atoms with van der Waals surface area (Å²) >= 11 is 0. The minimum Gasteiger partial charge on any atom is -0.506 e. The molecule has 0 saturated heterocycles. The van der Waals surface area contributed by atoms with E-state index in [1.807, 2.05) is 60.7 Å². The molecule has 2 aromatic carbocycles. The first kappa shape index (κ1) is 18.9. The number of carbonyl (C=O) groups is 2. The Morgan fingerprint density at radius 3 is 1.73 bits per heavy atom. The van der Waals surface area contributed by atoms with Gasteiger partial charge in [-0.25, -0.2) is 0 Å². The Bertz CT molecular complexity index is 825. The molecule has 0 fully saturated rings. The molecule has 0 unspecified atom stereocenters. The smallest absolute Gasteiger partial charge is 0.156 e. The zero-order valence-electron chi connectivity index (χ0n) is 14.6. The first-order chi connectivity index (χ1) is 12.5. The molecule has 0 aliphatic rings. The summed E-state index contributed by atoms with van der Waals surface area (Å²) in [6.45, 7) is 2.66. The number of rotatable bonds is 7. The number of aliphatic hydroxyl groups excluding tert-OH is 1. The van der Waals surface area contributed by atoms with Crippen molar-refractivity contribution in [3.05, 3.63) is 95.4 Å². The summed E-state index contributed by atoms with van der Waals surface area (Å²) in [5.74, 6) is -0.974. The third kappa shape index (κ3) is 5.56. The number of nitrogens with zero attached hydrogens (tertiary/aromatic N) is 1. The molecular formula is C21H20N2O3. The summed E-state index contributed by atoms with van der Waals surface area (Å²) in [6.07, 6.45) is 2.22. The number of hydrogen-bond donors (Lipinski definition) is 2. The SMILES string of the molecule is CC(=O)C=C(O)C(=CC(C)=O)NN=C(c1ccccc1)c1ccccc1. The van der Waals surface area contributed by atoms with Crippen LogP contribution in [0.5, 0.6) is 0 Å². The number of benzene rings is 2. The van der Waals surface area contributed by atoms with E-state index in [0.717, 1.165) is 17.2 Å². The Labute approximate surface area is 152 Å². The molecule has 26 heavy (non-hydrogen) atoms. The topological polar surface area (TPSA) is 78.8 Å². The summed E-state index contributed by atoms with van der Waals surface area (Å²) in [5.41, 5.74) is 5.13. The highest BCUT2D eigenvalue weighted by Crippen LogP contribution is 2.12. The molecule has 2 aromatic rings. The normalized spacial score (nSPS) is 11.6. The average Bonchev–Trinajstić information content (AvgIpc) is 2.62. The molecule has 0 bridgehead atoms. The lowest BCUT2D eigenvalue weighted by Crippen LogP contribution is -2.15. The molecule has 0 amide bonds. The van der Waals surface area contributed by atoms with Gasteiger partial charge in [0.05, 0.1) is 5.71 Å². The molecule has 0 spiro atoms. The van der Waals surface area contributed by atoms with Crippen LogP contribution in [0.1, 0.15) is 25.0 Å². The minimum atomic E-state index is -0.350. The maximum Gasteiger partial charge on any atom is 0.156 e. The number of aliphatic hydroxyl groups is 1. The van der Waals surface area contributed by atoms with Crippen molar-refractivity contribution in [2.75, 3.05) is 0 Å². The molecule has 0 aromatic heterocycles. The van der Waals surface area contributed by atoms with Crippen molar-refractivity contribution in [3.8, 4) is 0 Å². The van der Waals surface area contributed by atoms with Gasteiger partial charge in [0.25, 0.3) is 0 Å². The summed E-state index contributed by atoms with van der Waals surface area (Å²) in [6, 6.07) is 19.0. The van der Waals surface area contributed by atoms with Crippen molar-refractivity contribution in [3.63, 3.8) is 0 Å². The van der Waals surface area contributed by atoms with Crippen LogP contribution in [0, 0.1) is 0 Å². The summed E-state index contributed by atoms with van der Waals surface area (Å²) < 4.78 is 0. The van der Waals surface area contributed by atoms with Crippen LogP contribution in [-0.4, -0.2) is 22.4 Å². The quantitative estimate of drug-likeness (QED) is 0.264. The number of hydrazone groups is 1. The second kappa shape index (κ2) is 9.13. The zero-order valence-corrected chi connectivity index (χ0v) is 14.6. The fourth-order valence-corrected chi connectivity index (χ4v) is 2.24. The van der Waals surface area contributed by atoms with Gasteiger partial charge in [-0.1, -0.05) is 60.7 Å². The molecule has 2 N–H and O–H groups in total. The number of allylic oxidation sites excluding steroid dienone is 2. The van der Waals surface area contributed by atoms with Gasteiger partial charge in [0.2, 0.25) is 0 Å². The zero-order chi connectivity index (χ0) is 18.9. The third-order valence-corrected chi connectivity index (χ3v) is 3.35. The Morgan fingerprint density at radius 2 is 1.31 bits per heavy atom. The van der Waals surface area contributed by atoms with Crippen molar-refractivity contribution in [1.82, 2.24) is 5.43 Å². The van der Waals surface area contributed by atoms with Gasteiger partial charge >= 0.3 is 0 Å². The fourth-order valence-electron chi connectivity index (χ4n) is 2.24. The molecule has 132 valence electrons. The van der Waals surface area contributed by atoms with Crippen molar-refractivity contribution in [1.29, 1.82) is 0 Å². The number of nitrogens with one attached hydrogen (secondary N) is 1. The molecule has 0 aliphatic carbocycles. The highest BCUT2D eigenvalue weighted by Gasteiger charge is 2.09. The van der Waals surface area contributed by atoms with E-state index < -0.39 is 0 Å². The third-order valence-electron chi connectivity index (χ3n) is 3.35. The lowest BCUT2D eigenvalue weighted by atomic mass is 10.0. The maximum absolute atomic E-state index is 11.4. The predicted octanol–water partition coefficient (Wildman–Crippen LogP) is 3.53. The van der Waals surface area contributed by atoms with Crippen LogP contribution in [0.25, 0.3) is 0 Å². The molecule has 0 saturated carbocycles. The van der Waals surface area contributed by atoms with E-state index in [4.69, 9.17) is 0 Å². The van der Waals surface area contributed by atoms with Gasteiger partial charge in [0.15, 0.2) is 11.6 Å². The van der Waals surface area contributed by atoms with Crippen molar-refractivity contribution < 1.29 is 14.7 Å². The first-order valence-corrected chi connectivity index (χ1v) is 8.06. The van der Waals surface area contributed by atoms with E-state index in [2.05, 4.69) is 10.5 Å². The lowest BCUT2D eigenvalue weighted by Gasteiger charge is -2.10. The number of carbonyl (C=O) groups excluding carboxylic acids is 2. The van der Waals surface area contributed by atoms with Crippen LogP contribution in [0.2, 0.25) is 0 Å². The second-order valence-corrected chi connectivity index (χ2v) is 5.61. The van der Waals surface area contributed by atoms with Gasteiger partial charge in [0, 0.05) is 23.3 Å². The van der Waals surface area contributed by atoms with Crippen LogP contribution >= 0.6 is 0 Å². The largest absolute Gasteiger partial charge is 0.506 e. The van der Waals surface area contributed by atoms with Crippen LogP contribution in [0.15, 0.2) is 89.4 Å². The van der Waals surface area contributed by atoms with Gasteiger partial charge in [-0.2, -0.15) is 5.10 Å². The monoisotopic (exact) mass is 348 g/mol. The van der Waals surface area contributed by atoms with E-state index in [9.17, 15) is 14.7 Å². The fraction of sp³-hybridized carbons (Fsp3) is 0.0952. The van der Waals surface area contributed by atoms with Gasteiger partial charge < -0.3 is 5.11 Å². The van der Waals surface area contributed by atoms with E-state index >= 15 is 0 Å². The summed E-state index contributed by atoms with van der Waals surface area (Å²) in [7, 11) is 0.